The lowest BCUT2D eigenvalue weighted by molar-refractivity contribution is 0.0202. The number of hydrogen-bond acceptors (Lipinski definition) is 4. The van der Waals surface area contributed by atoms with E-state index in [0.29, 0.717) is 6.04 Å². The Labute approximate surface area is 110 Å². The summed E-state index contributed by atoms with van der Waals surface area (Å²) in [5, 5.41) is 0.776. The Morgan fingerprint density at radius 3 is 2.59 bits per heavy atom. The molecular weight excluding hydrogens is 230 g/mol. The zero-order valence-corrected chi connectivity index (χ0v) is 12.3. The minimum Gasteiger partial charge on any atom is -0.329 e. The molecule has 0 aromatic carbocycles. The van der Waals surface area contributed by atoms with E-state index in [1.807, 2.05) is 0 Å². The molecule has 2 aliphatic heterocycles. The van der Waals surface area contributed by atoms with Gasteiger partial charge < -0.3 is 5.73 Å². The average molecular weight is 257 g/mol. The van der Waals surface area contributed by atoms with Gasteiger partial charge in [-0.3, -0.25) is 9.80 Å². The minimum absolute atomic E-state index is 0.290. The molecule has 0 amide bonds. The molecule has 2 heterocycles. The van der Waals surface area contributed by atoms with Crippen LogP contribution in [-0.2, 0) is 0 Å². The van der Waals surface area contributed by atoms with Gasteiger partial charge in [0.25, 0.3) is 0 Å². The summed E-state index contributed by atoms with van der Waals surface area (Å²) in [6, 6.07) is 0.679. The highest BCUT2D eigenvalue weighted by molar-refractivity contribution is 8.00. The van der Waals surface area contributed by atoms with E-state index in [4.69, 9.17) is 5.73 Å². The fourth-order valence-corrected chi connectivity index (χ4v) is 4.78. The molecule has 4 heteroatoms. The Bertz CT molecular complexity index is 261. The lowest BCUT2D eigenvalue weighted by atomic mass is 9.92. The summed E-state index contributed by atoms with van der Waals surface area (Å²) in [5.74, 6) is 1.23. The van der Waals surface area contributed by atoms with Gasteiger partial charge in [-0.25, -0.2) is 0 Å². The van der Waals surface area contributed by atoms with Gasteiger partial charge in [-0.1, -0.05) is 13.8 Å². The van der Waals surface area contributed by atoms with Gasteiger partial charge in [0.05, 0.1) is 0 Å². The van der Waals surface area contributed by atoms with E-state index in [0.717, 1.165) is 11.8 Å². The predicted octanol–water partition coefficient (Wildman–Crippen LogP) is 1.24. The van der Waals surface area contributed by atoms with E-state index in [1.165, 1.54) is 38.4 Å². The summed E-state index contributed by atoms with van der Waals surface area (Å²) in [6.07, 6.45) is 1.27. The Balaban J connectivity index is 2.02. The Morgan fingerprint density at radius 2 is 2.12 bits per heavy atom. The van der Waals surface area contributed by atoms with Crippen LogP contribution in [0.5, 0.6) is 0 Å². The van der Waals surface area contributed by atoms with Gasteiger partial charge in [-0.05, 0) is 19.9 Å². The summed E-state index contributed by atoms with van der Waals surface area (Å²) in [6.45, 7) is 12.6. The third kappa shape index (κ3) is 2.65. The topological polar surface area (TPSA) is 32.5 Å². The lowest BCUT2D eigenvalue weighted by Gasteiger charge is -2.48. The standard InChI is InChI=1S/C13H27N3S/c1-4-15-5-6-16(8-11(15)2)13(9-14)7-12(3)17-10-13/h11-12H,4-10,14H2,1-3H3. The lowest BCUT2D eigenvalue weighted by Crippen LogP contribution is -2.62. The molecule has 17 heavy (non-hydrogen) atoms. The van der Waals surface area contributed by atoms with Crippen molar-refractivity contribution in [2.24, 2.45) is 5.73 Å². The zero-order valence-electron chi connectivity index (χ0n) is 11.5. The van der Waals surface area contributed by atoms with Crippen molar-refractivity contribution in [1.82, 2.24) is 9.80 Å². The van der Waals surface area contributed by atoms with Crippen LogP contribution in [0, 0.1) is 0 Å². The number of piperazine rings is 1. The van der Waals surface area contributed by atoms with Crippen LogP contribution >= 0.6 is 11.8 Å². The smallest absolute Gasteiger partial charge is 0.0433 e. The predicted molar refractivity (Wildman–Crippen MR) is 76.6 cm³/mol. The fraction of sp³-hybridized carbons (Fsp3) is 1.00. The molecule has 0 radical (unpaired) electrons. The van der Waals surface area contributed by atoms with E-state index in [-0.39, 0.29) is 5.54 Å². The van der Waals surface area contributed by atoms with E-state index in [2.05, 4.69) is 42.3 Å². The van der Waals surface area contributed by atoms with Gasteiger partial charge in [-0.2, -0.15) is 11.8 Å². The van der Waals surface area contributed by atoms with Crippen molar-refractivity contribution < 1.29 is 0 Å². The average Bonchev–Trinajstić information content (AvgIpc) is 2.72. The molecule has 0 spiro atoms. The van der Waals surface area contributed by atoms with Crippen LogP contribution in [0.15, 0.2) is 0 Å². The first-order chi connectivity index (χ1) is 8.11. The second-order valence-electron chi connectivity index (χ2n) is 5.68. The van der Waals surface area contributed by atoms with Gasteiger partial charge >= 0.3 is 0 Å². The van der Waals surface area contributed by atoms with Crippen LogP contribution in [0.25, 0.3) is 0 Å². The van der Waals surface area contributed by atoms with Gasteiger partial charge in [0, 0.05) is 48.8 Å². The first-order valence-electron chi connectivity index (χ1n) is 6.92. The van der Waals surface area contributed by atoms with Gasteiger partial charge in [0.1, 0.15) is 0 Å². The summed E-state index contributed by atoms with van der Waals surface area (Å²) in [4.78, 5) is 5.26. The maximum absolute atomic E-state index is 6.11. The van der Waals surface area contributed by atoms with E-state index < -0.39 is 0 Å². The zero-order chi connectivity index (χ0) is 12.5. The Kier molecular flexibility index (Phi) is 4.40. The first kappa shape index (κ1) is 13.7. The molecule has 3 unspecified atom stereocenters. The van der Waals surface area contributed by atoms with Gasteiger partial charge in [0.2, 0.25) is 0 Å². The molecule has 0 aromatic heterocycles. The molecular formula is C13H27N3S. The van der Waals surface area contributed by atoms with Crippen molar-refractivity contribution in [3.05, 3.63) is 0 Å². The SMILES string of the molecule is CCN1CCN(C2(CN)CSC(C)C2)CC1C. The number of likely N-dealkylation sites (N-methyl/N-ethyl adjacent to an activating group) is 1. The normalized spacial score (nSPS) is 40.9. The number of nitrogens with two attached hydrogens (primary N) is 1. The summed E-state index contributed by atoms with van der Waals surface area (Å²) in [5.41, 5.74) is 6.40. The van der Waals surface area contributed by atoms with E-state index in [9.17, 15) is 0 Å². The first-order valence-corrected chi connectivity index (χ1v) is 7.97. The van der Waals surface area contributed by atoms with Crippen molar-refractivity contribution in [2.45, 2.75) is 44.0 Å². The molecule has 3 nitrogen and oxygen atoms in total. The molecule has 2 rings (SSSR count). The second kappa shape index (κ2) is 5.47. The van der Waals surface area contributed by atoms with Crippen LogP contribution in [0.2, 0.25) is 0 Å². The summed E-state index contributed by atoms with van der Waals surface area (Å²) >= 11 is 2.09. The number of hydrogen-bond donors (Lipinski definition) is 1. The Hall–Kier alpha value is 0.230. The maximum Gasteiger partial charge on any atom is 0.0433 e. The molecule has 100 valence electrons. The third-order valence-corrected chi connectivity index (χ3v) is 5.97. The molecule has 0 saturated carbocycles. The van der Waals surface area contributed by atoms with Gasteiger partial charge in [-0.15, -0.1) is 0 Å². The second-order valence-corrected chi connectivity index (χ2v) is 7.10. The molecule has 3 atom stereocenters. The molecule has 0 aliphatic carbocycles. The summed E-state index contributed by atoms with van der Waals surface area (Å²) < 4.78 is 0. The quantitative estimate of drug-likeness (QED) is 0.824. The summed E-state index contributed by atoms with van der Waals surface area (Å²) in [7, 11) is 0. The van der Waals surface area contributed by atoms with Gasteiger partial charge in [0.15, 0.2) is 0 Å². The van der Waals surface area contributed by atoms with Crippen molar-refractivity contribution in [3.8, 4) is 0 Å². The highest BCUT2D eigenvalue weighted by Gasteiger charge is 2.43. The molecule has 0 aromatic rings. The Morgan fingerprint density at radius 1 is 1.35 bits per heavy atom. The van der Waals surface area contributed by atoms with Crippen LogP contribution in [0.4, 0.5) is 0 Å². The third-order valence-electron chi connectivity index (χ3n) is 4.53. The van der Waals surface area contributed by atoms with Crippen molar-refractivity contribution in [2.75, 3.05) is 38.5 Å². The largest absolute Gasteiger partial charge is 0.329 e. The van der Waals surface area contributed by atoms with E-state index >= 15 is 0 Å². The van der Waals surface area contributed by atoms with Crippen molar-refractivity contribution >= 4 is 11.8 Å². The molecule has 0 bridgehead atoms. The van der Waals surface area contributed by atoms with Crippen molar-refractivity contribution in [1.29, 1.82) is 0 Å². The van der Waals surface area contributed by atoms with Crippen LogP contribution in [-0.4, -0.2) is 65.1 Å². The van der Waals surface area contributed by atoms with E-state index in [1.54, 1.807) is 0 Å². The van der Waals surface area contributed by atoms with Crippen LogP contribution < -0.4 is 5.73 Å². The molecule has 2 fully saturated rings. The highest BCUT2D eigenvalue weighted by Crippen LogP contribution is 2.38. The molecule has 2 aliphatic rings. The van der Waals surface area contributed by atoms with Crippen LogP contribution in [0.3, 0.4) is 0 Å². The number of rotatable bonds is 3. The minimum atomic E-state index is 0.290. The fourth-order valence-electron chi connectivity index (χ4n) is 3.34. The maximum atomic E-state index is 6.11. The number of thioether (sulfide) groups is 1. The molecule has 2 N–H and O–H groups in total. The molecule has 2 saturated heterocycles. The number of nitrogens with zero attached hydrogens (tertiary/aromatic N) is 2. The van der Waals surface area contributed by atoms with Crippen molar-refractivity contribution in [3.63, 3.8) is 0 Å². The highest BCUT2D eigenvalue weighted by atomic mass is 32.2. The van der Waals surface area contributed by atoms with Crippen LogP contribution in [0.1, 0.15) is 27.2 Å². The monoisotopic (exact) mass is 257 g/mol.